The SMILES string of the molecule is CCOCOc1ccc2c(C)cc(=O)oc2c1C. The summed E-state index contributed by atoms with van der Waals surface area (Å²) in [6, 6.07) is 5.24. The molecule has 2 rings (SSSR count). The van der Waals surface area contributed by atoms with Crippen molar-refractivity contribution in [1.82, 2.24) is 0 Å². The number of hydrogen-bond donors (Lipinski definition) is 0. The lowest BCUT2D eigenvalue weighted by molar-refractivity contribution is 0.0220. The maximum absolute atomic E-state index is 11.4. The molecule has 0 aliphatic heterocycles. The Kier molecular flexibility index (Phi) is 3.67. The third kappa shape index (κ3) is 2.38. The topological polar surface area (TPSA) is 48.7 Å². The van der Waals surface area contributed by atoms with Gasteiger partial charge in [0.1, 0.15) is 11.3 Å². The van der Waals surface area contributed by atoms with E-state index in [2.05, 4.69) is 0 Å². The quantitative estimate of drug-likeness (QED) is 0.474. The Morgan fingerprint density at radius 1 is 1.28 bits per heavy atom. The lowest BCUT2D eigenvalue weighted by Crippen LogP contribution is -2.04. The molecule has 0 aliphatic rings. The minimum absolute atomic E-state index is 0.193. The van der Waals surface area contributed by atoms with Gasteiger partial charge in [0.05, 0.1) is 0 Å². The van der Waals surface area contributed by atoms with Crippen molar-refractivity contribution in [2.75, 3.05) is 13.4 Å². The summed E-state index contributed by atoms with van der Waals surface area (Å²) in [5.41, 5.74) is 1.95. The number of fused-ring (bicyclic) bond motifs is 1. The van der Waals surface area contributed by atoms with Crippen LogP contribution in [0.25, 0.3) is 11.0 Å². The normalized spacial score (nSPS) is 10.8. The minimum Gasteiger partial charge on any atom is -0.467 e. The zero-order valence-electron chi connectivity index (χ0n) is 10.8. The molecule has 0 spiro atoms. The van der Waals surface area contributed by atoms with Crippen molar-refractivity contribution in [1.29, 1.82) is 0 Å². The lowest BCUT2D eigenvalue weighted by Gasteiger charge is -2.10. The molecule has 0 saturated heterocycles. The van der Waals surface area contributed by atoms with E-state index in [0.717, 1.165) is 16.5 Å². The number of benzene rings is 1. The van der Waals surface area contributed by atoms with Crippen LogP contribution in [-0.2, 0) is 4.74 Å². The first-order chi connectivity index (χ1) is 8.63. The summed E-state index contributed by atoms with van der Waals surface area (Å²) < 4.78 is 15.9. The van der Waals surface area contributed by atoms with Crippen molar-refractivity contribution in [2.24, 2.45) is 0 Å². The first-order valence-corrected chi connectivity index (χ1v) is 5.88. The summed E-state index contributed by atoms with van der Waals surface area (Å²) in [7, 11) is 0. The molecule has 0 fully saturated rings. The molecular weight excluding hydrogens is 232 g/mol. The molecule has 0 radical (unpaired) electrons. The Labute approximate surface area is 105 Å². The largest absolute Gasteiger partial charge is 0.467 e. The third-order valence-corrected chi connectivity index (χ3v) is 2.82. The van der Waals surface area contributed by atoms with Crippen LogP contribution >= 0.6 is 0 Å². The van der Waals surface area contributed by atoms with Gasteiger partial charge in [0.15, 0.2) is 6.79 Å². The first-order valence-electron chi connectivity index (χ1n) is 5.88. The molecule has 2 aromatic rings. The zero-order chi connectivity index (χ0) is 13.1. The van der Waals surface area contributed by atoms with Crippen LogP contribution in [0.5, 0.6) is 5.75 Å². The average Bonchev–Trinajstić information content (AvgIpc) is 2.33. The van der Waals surface area contributed by atoms with Gasteiger partial charge in [-0.1, -0.05) is 0 Å². The summed E-state index contributed by atoms with van der Waals surface area (Å²) in [6.07, 6.45) is 0. The summed E-state index contributed by atoms with van der Waals surface area (Å²) in [4.78, 5) is 11.4. The van der Waals surface area contributed by atoms with Gasteiger partial charge in [-0.25, -0.2) is 4.79 Å². The molecule has 4 heteroatoms. The maximum Gasteiger partial charge on any atom is 0.336 e. The van der Waals surface area contributed by atoms with Gasteiger partial charge in [0.2, 0.25) is 0 Å². The van der Waals surface area contributed by atoms with E-state index in [1.165, 1.54) is 6.07 Å². The molecule has 1 aromatic heterocycles. The van der Waals surface area contributed by atoms with Gasteiger partial charge in [0, 0.05) is 23.6 Å². The molecular formula is C14H16O4. The van der Waals surface area contributed by atoms with Gasteiger partial charge in [-0.3, -0.25) is 0 Å². The highest BCUT2D eigenvalue weighted by Crippen LogP contribution is 2.27. The number of rotatable bonds is 4. The first kappa shape index (κ1) is 12.6. The molecule has 0 aliphatic carbocycles. The van der Waals surface area contributed by atoms with E-state index in [1.54, 1.807) is 0 Å². The molecule has 0 amide bonds. The fraction of sp³-hybridized carbons (Fsp3) is 0.357. The smallest absolute Gasteiger partial charge is 0.336 e. The number of ether oxygens (including phenoxy) is 2. The molecule has 96 valence electrons. The molecule has 0 N–H and O–H groups in total. The summed E-state index contributed by atoms with van der Waals surface area (Å²) >= 11 is 0. The van der Waals surface area contributed by atoms with E-state index < -0.39 is 0 Å². The van der Waals surface area contributed by atoms with Crippen LogP contribution in [0.3, 0.4) is 0 Å². The highest BCUT2D eigenvalue weighted by Gasteiger charge is 2.09. The average molecular weight is 248 g/mol. The second kappa shape index (κ2) is 5.23. The highest BCUT2D eigenvalue weighted by atomic mass is 16.7. The van der Waals surface area contributed by atoms with Gasteiger partial charge in [0.25, 0.3) is 0 Å². The van der Waals surface area contributed by atoms with Crippen molar-refractivity contribution < 1.29 is 13.9 Å². The molecule has 4 nitrogen and oxygen atoms in total. The third-order valence-electron chi connectivity index (χ3n) is 2.82. The molecule has 0 atom stereocenters. The van der Waals surface area contributed by atoms with Crippen molar-refractivity contribution in [3.63, 3.8) is 0 Å². The maximum atomic E-state index is 11.4. The van der Waals surface area contributed by atoms with Gasteiger partial charge < -0.3 is 13.9 Å². The van der Waals surface area contributed by atoms with E-state index in [9.17, 15) is 4.79 Å². The molecule has 18 heavy (non-hydrogen) atoms. The minimum atomic E-state index is -0.343. The molecule has 0 saturated carbocycles. The van der Waals surface area contributed by atoms with Crippen LogP contribution in [0.4, 0.5) is 0 Å². The predicted octanol–water partition coefficient (Wildman–Crippen LogP) is 2.78. The van der Waals surface area contributed by atoms with Gasteiger partial charge in [-0.2, -0.15) is 0 Å². The van der Waals surface area contributed by atoms with Crippen LogP contribution in [-0.4, -0.2) is 13.4 Å². The summed E-state index contributed by atoms with van der Waals surface area (Å²) in [6.45, 7) is 6.45. The van der Waals surface area contributed by atoms with Crippen LogP contribution in [0, 0.1) is 13.8 Å². The number of aryl methyl sites for hydroxylation is 2. The highest BCUT2D eigenvalue weighted by molar-refractivity contribution is 5.84. The Bertz CT molecular complexity index is 613. The fourth-order valence-electron chi connectivity index (χ4n) is 1.85. The van der Waals surface area contributed by atoms with Crippen molar-refractivity contribution >= 4 is 11.0 Å². The standard InChI is InChI=1S/C14H16O4/c1-4-16-8-17-12-6-5-11-9(2)7-13(15)18-14(11)10(12)3/h5-7H,4,8H2,1-3H3. The van der Waals surface area contributed by atoms with E-state index >= 15 is 0 Å². The van der Waals surface area contributed by atoms with Crippen LogP contribution in [0.1, 0.15) is 18.1 Å². The zero-order valence-corrected chi connectivity index (χ0v) is 10.8. The van der Waals surface area contributed by atoms with Crippen molar-refractivity contribution in [3.8, 4) is 5.75 Å². The van der Waals surface area contributed by atoms with E-state index in [-0.39, 0.29) is 12.4 Å². The van der Waals surface area contributed by atoms with Crippen LogP contribution < -0.4 is 10.4 Å². The Balaban J connectivity index is 2.46. The second-order valence-electron chi connectivity index (χ2n) is 4.07. The second-order valence-corrected chi connectivity index (χ2v) is 4.07. The lowest BCUT2D eigenvalue weighted by atomic mass is 10.1. The molecule has 0 bridgehead atoms. The van der Waals surface area contributed by atoms with Crippen molar-refractivity contribution in [3.05, 3.63) is 39.7 Å². The van der Waals surface area contributed by atoms with E-state index in [0.29, 0.717) is 17.9 Å². The number of hydrogen-bond acceptors (Lipinski definition) is 4. The van der Waals surface area contributed by atoms with E-state index in [4.69, 9.17) is 13.9 Å². The Hall–Kier alpha value is -1.81. The molecule has 1 aromatic carbocycles. The van der Waals surface area contributed by atoms with Gasteiger partial charge >= 0.3 is 5.63 Å². The summed E-state index contributed by atoms with van der Waals surface area (Å²) in [5.74, 6) is 0.671. The van der Waals surface area contributed by atoms with E-state index in [1.807, 2.05) is 32.9 Å². The van der Waals surface area contributed by atoms with Crippen molar-refractivity contribution in [2.45, 2.75) is 20.8 Å². The summed E-state index contributed by atoms with van der Waals surface area (Å²) in [5, 5.41) is 0.927. The Morgan fingerprint density at radius 3 is 2.78 bits per heavy atom. The van der Waals surface area contributed by atoms with Crippen LogP contribution in [0.2, 0.25) is 0 Å². The predicted molar refractivity (Wildman–Crippen MR) is 69.1 cm³/mol. The molecule has 1 heterocycles. The Morgan fingerprint density at radius 2 is 2.06 bits per heavy atom. The van der Waals surface area contributed by atoms with Gasteiger partial charge in [-0.05, 0) is 38.5 Å². The van der Waals surface area contributed by atoms with Crippen LogP contribution in [0.15, 0.2) is 27.4 Å². The monoisotopic (exact) mass is 248 g/mol. The van der Waals surface area contributed by atoms with Gasteiger partial charge in [-0.15, -0.1) is 0 Å². The molecule has 0 unspecified atom stereocenters. The fourth-order valence-corrected chi connectivity index (χ4v) is 1.85.